The Bertz CT molecular complexity index is 549. The van der Waals surface area contributed by atoms with E-state index in [-0.39, 0.29) is 24.6 Å². The molecule has 3 rings (SSSR count). The zero-order chi connectivity index (χ0) is 16.1. The molecule has 0 unspecified atom stereocenters. The highest BCUT2D eigenvalue weighted by Gasteiger charge is 2.21. The van der Waals surface area contributed by atoms with Gasteiger partial charge in [0.15, 0.2) is 6.61 Å². The van der Waals surface area contributed by atoms with Crippen LogP contribution in [0.4, 0.5) is 5.69 Å². The fraction of sp³-hybridized carbons (Fsp3) is 0.556. The van der Waals surface area contributed by atoms with Crippen LogP contribution < -0.4 is 9.64 Å². The molecular weight excluding hydrogens is 294 g/mol. The van der Waals surface area contributed by atoms with E-state index in [1.165, 1.54) is 6.42 Å². The Morgan fingerprint density at radius 3 is 2.48 bits per heavy atom. The van der Waals surface area contributed by atoms with Gasteiger partial charge >= 0.3 is 5.97 Å². The van der Waals surface area contributed by atoms with E-state index >= 15 is 0 Å². The second-order valence-corrected chi connectivity index (χ2v) is 6.18. The molecule has 0 radical (unpaired) electrons. The van der Waals surface area contributed by atoms with Crippen molar-refractivity contribution in [3.63, 3.8) is 0 Å². The van der Waals surface area contributed by atoms with Gasteiger partial charge in [-0.05, 0) is 56.4 Å². The minimum Gasteiger partial charge on any atom is -0.482 e. The second-order valence-electron chi connectivity index (χ2n) is 6.18. The van der Waals surface area contributed by atoms with E-state index in [1.54, 1.807) is 17.0 Å². The lowest BCUT2D eigenvalue weighted by atomic mass is 9.98. The van der Waals surface area contributed by atoms with Crippen LogP contribution in [0.5, 0.6) is 5.75 Å². The first-order valence-corrected chi connectivity index (χ1v) is 8.45. The first-order chi connectivity index (χ1) is 11.2. The summed E-state index contributed by atoms with van der Waals surface area (Å²) in [5.41, 5.74) is 0.879. The van der Waals surface area contributed by atoms with Crippen molar-refractivity contribution in [1.82, 2.24) is 0 Å². The molecule has 1 saturated heterocycles. The van der Waals surface area contributed by atoms with E-state index in [1.807, 2.05) is 12.1 Å². The van der Waals surface area contributed by atoms with Gasteiger partial charge in [0.25, 0.3) is 0 Å². The van der Waals surface area contributed by atoms with Crippen LogP contribution in [0.2, 0.25) is 0 Å². The summed E-state index contributed by atoms with van der Waals surface area (Å²) in [5, 5.41) is 0. The quantitative estimate of drug-likeness (QED) is 0.783. The number of hydrogen-bond donors (Lipinski definition) is 0. The minimum absolute atomic E-state index is 0.0587. The number of carbonyl (C=O) groups excluding carboxylic acids is 2. The number of hydrogen-bond acceptors (Lipinski definition) is 4. The lowest BCUT2D eigenvalue weighted by Gasteiger charge is -2.21. The highest BCUT2D eigenvalue weighted by atomic mass is 16.6. The number of ether oxygens (including phenoxy) is 2. The Hall–Kier alpha value is -2.04. The summed E-state index contributed by atoms with van der Waals surface area (Å²) in [6.07, 6.45) is 7.01. The first-order valence-electron chi connectivity index (χ1n) is 8.45. The predicted molar refractivity (Wildman–Crippen MR) is 86.5 cm³/mol. The Balaban J connectivity index is 1.46. The van der Waals surface area contributed by atoms with E-state index in [2.05, 4.69) is 0 Å². The lowest BCUT2D eigenvalue weighted by Crippen LogP contribution is -2.24. The Morgan fingerprint density at radius 1 is 1.09 bits per heavy atom. The van der Waals surface area contributed by atoms with Gasteiger partial charge in [0.05, 0.1) is 0 Å². The molecule has 5 heteroatoms. The van der Waals surface area contributed by atoms with Crippen molar-refractivity contribution < 1.29 is 19.1 Å². The van der Waals surface area contributed by atoms with Crippen LogP contribution in [-0.4, -0.2) is 31.1 Å². The molecule has 1 aliphatic carbocycles. The van der Waals surface area contributed by atoms with Gasteiger partial charge in [-0.1, -0.05) is 6.42 Å². The molecular formula is C18H23NO4. The maximum absolute atomic E-state index is 11.8. The summed E-state index contributed by atoms with van der Waals surface area (Å²) in [4.78, 5) is 25.3. The van der Waals surface area contributed by atoms with Crippen molar-refractivity contribution in [3.05, 3.63) is 24.3 Å². The number of benzene rings is 1. The molecule has 1 aliphatic heterocycles. The average molecular weight is 317 g/mol. The Kier molecular flexibility index (Phi) is 5.16. The summed E-state index contributed by atoms with van der Waals surface area (Å²) in [7, 11) is 0. The third-order valence-corrected chi connectivity index (χ3v) is 4.43. The molecule has 1 amide bonds. The standard InChI is InChI=1S/C18H23NO4/c20-17-7-4-12-19(17)14-8-10-15(11-9-14)22-13-18(21)23-16-5-2-1-3-6-16/h8-11,16H,1-7,12-13H2. The summed E-state index contributed by atoms with van der Waals surface area (Å²) >= 11 is 0. The second kappa shape index (κ2) is 7.49. The molecule has 0 N–H and O–H groups in total. The summed E-state index contributed by atoms with van der Waals surface area (Å²) < 4.78 is 10.9. The van der Waals surface area contributed by atoms with Gasteiger partial charge in [-0.25, -0.2) is 4.79 Å². The zero-order valence-corrected chi connectivity index (χ0v) is 13.3. The number of esters is 1. The maximum atomic E-state index is 11.8. The third kappa shape index (κ3) is 4.24. The van der Waals surface area contributed by atoms with E-state index < -0.39 is 0 Å². The summed E-state index contributed by atoms with van der Waals surface area (Å²) in [6.45, 7) is 0.700. The summed E-state index contributed by atoms with van der Waals surface area (Å²) in [5.74, 6) is 0.464. The number of anilines is 1. The third-order valence-electron chi connectivity index (χ3n) is 4.43. The molecule has 0 aromatic heterocycles. The van der Waals surface area contributed by atoms with Gasteiger partial charge in [0.1, 0.15) is 11.9 Å². The fourth-order valence-corrected chi connectivity index (χ4v) is 3.19. The normalized spacial score (nSPS) is 19.0. The number of rotatable bonds is 5. The van der Waals surface area contributed by atoms with Gasteiger partial charge < -0.3 is 14.4 Å². The number of carbonyl (C=O) groups is 2. The number of amides is 1. The van der Waals surface area contributed by atoms with E-state index in [4.69, 9.17) is 9.47 Å². The molecule has 1 aromatic carbocycles. The largest absolute Gasteiger partial charge is 0.482 e. The molecule has 1 aromatic rings. The van der Waals surface area contributed by atoms with Crippen molar-refractivity contribution >= 4 is 17.6 Å². The SMILES string of the molecule is O=C(COc1ccc(N2CCCC2=O)cc1)OC1CCCCC1. The van der Waals surface area contributed by atoms with Crippen LogP contribution in [0.1, 0.15) is 44.9 Å². The molecule has 23 heavy (non-hydrogen) atoms. The predicted octanol–water partition coefficient (Wildman–Crippen LogP) is 3.07. The molecule has 5 nitrogen and oxygen atoms in total. The van der Waals surface area contributed by atoms with E-state index in [0.29, 0.717) is 12.2 Å². The monoisotopic (exact) mass is 317 g/mol. The van der Waals surface area contributed by atoms with Crippen molar-refractivity contribution in [3.8, 4) is 5.75 Å². The molecule has 0 spiro atoms. The highest BCUT2D eigenvalue weighted by molar-refractivity contribution is 5.95. The molecule has 1 heterocycles. The van der Waals surface area contributed by atoms with E-state index in [9.17, 15) is 9.59 Å². The first kappa shape index (κ1) is 15.8. The van der Waals surface area contributed by atoms with E-state index in [0.717, 1.165) is 44.3 Å². The Morgan fingerprint density at radius 2 is 1.83 bits per heavy atom. The smallest absolute Gasteiger partial charge is 0.344 e. The Labute approximate surface area is 136 Å². The molecule has 1 saturated carbocycles. The van der Waals surface area contributed by atoms with Gasteiger partial charge in [0.2, 0.25) is 5.91 Å². The van der Waals surface area contributed by atoms with Gasteiger partial charge in [-0.3, -0.25) is 4.79 Å². The minimum atomic E-state index is -0.310. The highest BCUT2D eigenvalue weighted by Crippen LogP contribution is 2.24. The van der Waals surface area contributed by atoms with Crippen LogP contribution in [-0.2, 0) is 14.3 Å². The molecule has 2 fully saturated rings. The van der Waals surface area contributed by atoms with Crippen LogP contribution in [0.3, 0.4) is 0 Å². The molecule has 0 atom stereocenters. The van der Waals surface area contributed by atoms with Crippen molar-refractivity contribution in [1.29, 1.82) is 0 Å². The van der Waals surface area contributed by atoms with Crippen LogP contribution in [0.15, 0.2) is 24.3 Å². The average Bonchev–Trinajstić information content (AvgIpc) is 3.00. The van der Waals surface area contributed by atoms with Crippen molar-refractivity contribution in [2.24, 2.45) is 0 Å². The lowest BCUT2D eigenvalue weighted by molar-refractivity contribution is -0.152. The van der Waals surface area contributed by atoms with Gasteiger partial charge in [-0.2, -0.15) is 0 Å². The topological polar surface area (TPSA) is 55.8 Å². The van der Waals surface area contributed by atoms with Crippen molar-refractivity contribution in [2.75, 3.05) is 18.1 Å². The van der Waals surface area contributed by atoms with Gasteiger partial charge in [-0.15, -0.1) is 0 Å². The van der Waals surface area contributed by atoms with Crippen LogP contribution in [0, 0.1) is 0 Å². The zero-order valence-electron chi connectivity index (χ0n) is 13.3. The number of nitrogens with zero attached hydrogens (tertiary/aromatic N) is 1. The summed E-state index contributed by atoms with van der Waals surface area (Å²) in [6, 6.07) is 7.28. The maximum Gasteiger partial charge on any atom is 0.344 e. The molecule has 124 valence electrons. The van der Waals surface area contributed by atoms with Crippen LogP contribution in [0.25, 0.3) is 0 Å². The molecule has 2 aliphatic rings. The van der Waals surface area contributed by atoms with Crippen LogP contribution >= 0.6 is 0 Å². The fourth-order valence-electron chi connectivity index (χ4n) is 3.19. The van der Waals surface area contributed by atoms with Crippen molar-refractivity contribution in [2.45, 2.75) is 51.0 Å². The molecule has 0 bridgehead atoms. The van der Waals surface area contributed by atoms with Gasteiger partial charge in [0, 0.05) is 18.7 Å².